The highest BCUT2D eigenvalue weighted by Gasteiger charge is 2.20. The molecule has 2 heterocycles. The maximum absolute atomic E-state index is 12.8. The van der Waals surface area contributed by atoms with E-state index < -0.39 is 0 Å². The van der Waals surface area contributed by atoms with Gasteiger partial charge in [-0.3, -0.25) is 4.79 Å². The smallest absolute Gasteiger partial charge is 0.323 e. The van der Waals surface area contributed by atoms with Crippen molar-refractivity contribution in [3.05, 3.63) is 56.9 Å². The molecular formula is C19H20BrN5O2. The van der Waals surface area contributed by atoms with Crippen LogP contribution in [0.1, 0.15) is 10.4 Å². The molecule has 1 aromatic heterocycles. The number of hydrogen-bond acceptors (Lipinski definition) is 4. The number of amides is 1. The van der Waals surface area contributed by atoms with Gasteiger partial charge in [0.05, 0.1) is 22.4 Å². The van der Waals surface area contributed by atoms with Gasteiger partial charge in [0.1, 0.15) is 0 Å². The largest absolute Gasteiger partial charge is 0.367 e. The number of rotatable bonds is 3. The van der Waals surface area contributed by atoms with Crippen LogP contribution < -0.4 is 15.9 Å². The summed E-state index contributed by atoms with van der Waals surface area (Å²) in [5.41, 5.74) is 3.31. The molecule has 3 N–H and O–H groups in total. The van der Waals surface area contributed by atoms with E-state index in [1.54, 1.807) is 12.1 Å². The van der Waals surface area contributed by atoms with E-state index >= 15 is 0 Å². The van der Waals surface area contributed by atoms with E-state index in [1.165, 1.54) is 0 Å². The molecule has 0 unspecified atom stereocenters. The number of benzene rings is 2. The first-order valence-corrected chi connectivity index (χ1v) is 9.55. The molecule has 4 rings (SSSR count). The summed E-state index contributed by atoms with van der Waals surface area (Å²) in [5, 5.41) is 3.01. The lowest BCUT2D eigenvalue weighted by Crippen LogP contribution is -2.44. The van der Waals surface area contributed by atoms with Gasteiger partial charge >= 0.3 is 5.69 Å². The summed E-state index contributed by atoms with van der Waals surface area (Å²) in [6.07, 6.45) is 0. The number of nitrogens with zero attached hydrogens (tertiary/aromatic N) is 2. The van der Waals surface area contributed by atoms with Crippen molar-refractivity contribution in [3.8, 4) is 0 Å². The molecule has 0 radical (unpaired) electrons. The molecular weight excluding hydrogens is 410 g/mol. The third-order valence-electron chi connectivity index (χ3n) is 4.81. The molecule has 7 nitrogen and oxygen atoms in total. The molecule has 3 aromatic rings. The number of halogens is 1. The first kappa shape index (κ1) is 17.8. The number of aromatic amines is 2. The monoisotopic (exact) mass is 429 g/mol. The molecule has 0 saturated carbocycles. The quantitative estimate of drug-likeness (QED) is 0.597. The highest BCUT2D eigenvalue weighted by Crippen LogP contribution is 2.31. The number of H-pyrrole nitrogens is 2. The summed E-state index contributed by atoms with van der Waals surface area (Å²) in [6, 6.07) is 11.0. The second-order valence-electron chi connectivity index (χ2n) is 6.75. The lowest BCUT2D eigenvalue weighted by molar-refractivity contribution is 0.102. The van der Waals surface area contributed by atoms with E-state index in [9.17, 15) is 9.59 Å². The van der Waals surface area contributed by atoms with Crippen LogP contribution in [-0.4, -0.2) is 54.0 Å². The van der Waals surface area contributed by atoms with Crippen LogP contribution in [0.15, 0.2) is 45.7 Å². The normalized spacial score (nSPS) is 15.3. The Hall–Kier alpha value is -2.58. The van der Waals surface area contributed by atoms with E-state index in [0.29, 0.717) is 16.8 Å². The van der Waals surface area contributed by atoms with Gasteiger partial charge in [-0.2, -0.15) is 0 Å². The molecule has 0 spiro atoms. The average Bonchev–Trinajstić information content (AvgIpc) is 3.01. The lowest BCUT2D eigenvalue weighted by Gasteiger charge is -2.35. The molecule has 0 bridgehead atoms. The molecule has 1 saturated heterocycles. The zero-order chi connectivity index (χ0) is 19.0. The van der Waals surface area contributed by atoms with Gasteiger partial charge < -0.3 is 25.1 Å². The first-order chi connectivity index (χ1) is 13.0. The fourth-order valence-electron chi connectivity index (χ4n) is 3.30. The van der Waals surface area contributed by atoms with Crippen molar-refractivity contribution in [2.75, 3.05) is 43.4 Å². The third-order valence-corrected chi connectivity index (χ3v) is 5.30. The standard InChI is InChI=1S/C19H20BrN5O2/c1-24-5-7-25(8-6-24)17-11-15-14(22-19(27)23-15)10-16(17)21-18(26)12-3-2-4-13(20)9-12/h2-4,9-11H,5-8H2,1H3,(H,21,26)(H2,22,23,27). The second-order valence-corrected chi connectivity index (χ2v) is 7.66. The number of piperazine rings is 1. The van der Waals surface area contributed by atoms with Gasteiger partial charge in [-0.15, -0.1) is 0 Å². The van der Waals surface area contributed by atoms with Gasteiger partial charge in [0.2, 0.25) is 0 Å². The van der Waals surface area contributed by atoms with Gasteiger partial charge in [0.25, 0.3) is 5.91 Å². The van der Waals surface area contributed by atoms with Gasteiger partial charge in [-0.05, 0) is 37.4 Å². The molecule has 1 aliphatic rings. The summed E-state index contributed by atoms with van der Waals surface area (Å²) in [7, 11) is 2.10. The lowest BCUT2D eigenvalue weighted by atomic mass is 10.1. The van der Waals surface area contributed by atoms with Crippen LogP contribution in [0.4, 0.5) is 11.4 Å². The van der Waals surface area contributed by atoms with Crippen LogP contribution in [0.3, 0.4) is 0 Å². The maximum Gasteiger partial charge on any atom is 0.323 e. The summed E-state index contributed by atoms with van der Waals surface area (Å²) >= 11 is 3.40. The third kappa shape index (κ3) is 3.77. The predicted molar refractivity (Wildman–Crippen MR) is 111 cm³/mol. The Morgan fingerprint density at radius 1 is 1.07 bits per heavy atom. The van der Waals surface area contributed by atoms with Gasteiger partial charge in [0, 0.05) is 36.2 Å². The number of carbonyl (C=O) groups excluding carboxylic acids is 1. The predicted octanol–water partition coefficient (Wildman–Crippen LogP) is 2.62. The molecule has 27 heavy (non-hydrogen) atoms. The molecule has 0 aliphatic carbocycles. The van der Waals surface area contributed by atoms with Crippen LogP contribution in [0, 0.1) is 0 Å². The van der Waals surface area contributed by atoms with E-state index in [-0.39, 0.29) is 11.6 Å². The number of likely N-dealkylation sites (N-methyl/N-ethyl adjacent to an activating group) is 1. The highest BCUT2D eigenvalue weighted by molar-refractivity contribution is 9.10. The number of carbonyl (C=O) groups is 1. The van der Waals surface area contributed by atoms with Crippen molar-refractivity contribution < 1.29 is 4.79 Å². The molecule has 1 aliphatic heterocycles. The SMILES string of the molecule is CN1CCN(c2cc3[nH]c(=O)[nH]c3cc2NC(=O)c2cccc(Br)c2)CC1. The first-order valence-electron chi connectivity index (χ1n) is 8.76. The van der Waals surface area contributed by atoms with Crippen molar-refractivity contribution in [2.45, 2.75) is 0 Å². The Kier molecular flexibility index (Phi) is 4.75. The maximum atomic E-state index is 12.8. The summed E-state index contributed by atoms with van der Waals surface area (Å²) in [4.78, 5) is 34.5. The Morgan fingerprint density at radius 2 is 1.78 bits per heavy atom. The van der Waals surface area contributed by atoms with E-state index in [1.807, 2.05) is 24.3 Å². The van der Waals surface area contributed by atoms with E-state index in [2.05, 4.69) is 48.1 Å². The van der Waals surface area contributed by atoms with Gasteiger partial charge in [0.15, 0.2) is 0 Å². The summed E-state index contributed by atoms with van der Waals surface area (Å²) < 4.78 is 0.847. The van der Waals surface area contributed by atoms with Crippen LogP contribution in [-0.2, 0) is 0 Å². The van der Waals surface area contributed by atoms with Crippen molar-refractivity contribution in [2.24, 2.45) is 0 Å². The van der Waals surface area contributed by atoms with Crippen LogP contribution in [0.2, 0.25) is 0 Å². The number of anilines is 2. The summed E-state index contributed by atoms with van der Waals surface area (Å²) in [6.45, 7) is 3.61. The number of hydrogen-bond donors (Lipinski definition) is 3. The van der Waals surface area contributed by atoms with Crippen LogP contribution >= 0.6 is 15.9 Å². The Balaban J connectivity index is 1.72. The topological polar surface area (TPSA) is 84.2 Å². The minimum absolute atomic E-state index is 0.191. The Bertz CT molecular complexity index is 1050. The number of nitrogens with one attached hydrogen (secondary N) is 3. The van der Waals surface area contributed by atoms with Gasteiger partial charge in [-0.1, -0.05) is 22.0 Å². The fraction of sp³-hybridized carbons (Fsp3) is 0.263. The molecule has 8 heteroatoms. The Labute approximate surface area is 164 Å². The molecule has 2 aromatic carbocycles. The highest BCUT2D eigenvalue weighted by atomic mass is 79.9. The van der Waals surface area contributed by atoms with Crippen molar-refractivity contribution in [1.29, 1.82) is 0 Å². The zero-order valence-electron chi connectivity index (χ0n) is 14.9. The summed E-state index contributed by atoms with van der Waals surface area (Å²) in [5.74, 6) is -0.191. The minimum Gasteiger partial charge on any atom is -0.367 e. The average molecular weight is 430 g/mol. The van der Waals surface area contributed by atoms with Crippen LogP contribution in [0.5, 0.6) is 0 Å². The van der Waals surface area contributed by atoms with Crippen LogP contribution in [0.25, 0.3) is 11.0 Å². The fourth-order valence-corrected chi connectivity index (χ4v) is 3.70. The molecule has 140 valence electrons. The number of fused-ring (bicyclic) bond motifs is 1. The Morgan fingerprint density at radius 3 is 2.48 bits per heavy atom. The van der Waals surface area contributed by atoms with Crippen molar-refractivity contribution in [1.82, 2.24) is 14.9 Å². The number of imidazole rings is 1. The van der Waals surface area contributed by atoms with E-state index in [0.717, 1.165) is 41.9 Å². The van der Waals surface area contributed by atoms with Crippen molar-refractivity contribution >= 4 is 44.2 Å². The zero-order valence-corrected chi connectivity index (χ0v) is 16.5. The molecule has 1 fully saturated rings. The van der Waals surface area contributed by atoms with Crippen molar-refractivity contribution in [3.63, 3.8) is 0 Å². The number of aromatic nitrogens is 2. The minimum atomic E-state index is -0.259. The van der Waals surface area contributed by atoms with Gasteiger partial charge in [-0.25, -0.2) is 4.79 Å². The molecule has 1 amide bonds. The second kappa shape index (κ2) is 7.21. The molecule has 0 atom stereocenters. The van der Waals surface area contributed by atoms with E-state index in [4.69, 9.17) is 0 Å².